The van der Waals surface area contributed by atoms with Crippen molar-refractivity contribution in [1.29, 1.82) is 0 Å². The number of amides is 2. The van der Waals surface area contributed by atoms with Crippen LogP contribution < -0.4 is 10.6 Å². The molecule has 5 aliphatic carbocycles. The van der Waals surface area contributed by atoms with Gasteiger partial charge in [0, 0.05) is 29.6 Å². The Kier molecular flexibility index (Phi) is 6.01. The summed E-state index contributed by atoms with van der Waals surface area (Å²) in [4.78, 5) is 30.3. The third-order valence-electron chi connectivity index (χ3n) is 9.42. The van der Waals surface area contributed by atoms with E-state index in [9.17, 15) is 9.59 Å². The molecule has 0 radical (unpaired) electrons. The van der Waals surface area contributed by atoms with E-state index < -0.39 is 11.6 Å². The molecule has 1 atom stereocenters. The van der Waals surface area contributed by atoms with E-state index in [0.717, 1.165) is 54.0 Å². The number of benzene rings is 1. The molecule has 6 nitrogen and oxygen atoms in total. The average molecular weight is 478 g/mol. The molecule has 5 saturated carbocycles. The molecule has 3 N–H and O–H groups in total. The number of aromatic nitrogens is 1. The maximum atomic E-state index is 13.7. The minimum atomic E-state index is -1.09. The van der Waals surface area contributed by atoms with Crippen LogP contribution in [0.3, 0.4) is 0 Å². The van der Waals surface area contributed by atoms with Crippen molar-refractivity contribution in [2.45, 2.75) is 95.2 Å². The summed E-state index contributed by atoms with van der Waals surface area (Å²) < 4.78 is 6.13. The van der Waals surface area contributed by atoms with Crippen LogP contribution in [0.15, 0.2) is 30.5 Å². The van der Waals surface area contributed by atoms with E-state index in [-0.39, 0.29) is 18.1 Å². The Bertz CT molecular complexity index is 1060. The minimum absolute atomic E-state index is 0.00143. The smallest absolute Gasteiger partial charge is 0.408 e. The van der Waals surface area contributed by atoms with Gasteiger partial charge in [-0.2, -0.15) is 0 Å². The highest BCUT2D eigenvalue weighted by Gasteiger charge is 2.50. The fourth-order valence-electron chi connectivity index (χ4n) is 7.88. The zero-order chi connectivity index (χ0) is 24.0. The molecule has 1 aromatic heterocycles. The molecule has 0 saturated heterocycles. The monoisotopic (exact) mass is 477 g/mol. The van der Waals surface area contributed by atoms with Crippen LogP contribution in [0.4, 0.5) is 4.79 Å². The third kappa shape index (κ3) is 4.56. The topological polar surface area (TPSA) is 83.2 Å². The Morgan fingerprint density at radius 1 is 1.00 bits per heavy atom. The molecular weight excluding hydrogens is 438 g/mol. The van der Waals surface area contributed by atoms with Gasteiger partial charge in [0.25, 0.3) is 0 Å². The molecule has 0 aliphatic heterocycles. The minimum Gasteiger partial charge on any atom is -0.446 e. The van der Waals surface area contributed by atoms with E-state index in [0.29, 0.717) is 18.3 Å². The van der Waals surface area contributed by atoms with Gasteiger partial charge in [0.2, 0.25) is 5.91 Å². The summed E-state index contributed by atoms with van der Waals surface area (Å²) in [5, 5.41) is 7.40. The number of hydrogen-bond acceptors (Lipinski definition) is 3. The number of nitrogens with one attached hydrogen (secondary N) is 3. The second-order valence-electron chi connectivity index (χ2n) is 12.1. The van der Waals surface area contributed by atoms with Crippen LogP contribution in [0, 0.1) is 23.7 Å². The van der Waals surface area contributed by atoms with Gasteiger partial charge in [0.05, 0.1) is 0 Å². The number of carbonyl (C=O) groups is 2. The average Bonchev–Trinajstić information content (AvgIpc) is 3.24. The van der Waals surface area contributed by atoms with Gasteiger partial charge in [0.15, 0.2) is 0 Å². The number of alkyl carbamates (subject to hydrolysis) is 1. The summed E-state index contributed by atoms with van der Waals surface area (Å²) >= 11 is 0. The molecule has 2 aromatic rings. The van der Waals surface area contributed by atoms with Crippen molar-refractivity contribution in [2.24, 2.45) is 23.7 Å². The summed E-state index contributed by atoms with van der Waals surface area (Å²) in [6.45, 7) is 1.85. The fourth-order valence-corrected chi connectivity index (χ4v) is 7.88. The lowest BCUT2D eigenvalue weighted by atomic mass is 9.55. The zero-order valence-corrected chi connectivity index (χ0v) is 20.9. The second kappa shape index (κ2) is 9.18. The predicted octanol–water partition coefficient (Wildman–Crippen LogP) is 5.47. The van der Waals surface area contributed by atoms with Gasteiger partial charge >= 0.3 is 6.09 Å². The highest BCUT2D eigenvalue weighted by Crippen LogP contribution is 2.54. The standard InChI is InChI=1S/C29H39N3O3/c1-29(27(33)31-23-7-3-2-4-8-23,16-22-17-30-25-10-6-5-9-24(22)25)32-28(34)35-26-20-12-18-11-19(14-20)15-21(26)13-18/h5-6,9-10,17-21,23,26,30H,2-4,7-8,11-16H2,1H3,(H,31,33)(H,32,34)/t18?,19?,20?,21?,26?,29-/m1/s1. The normalized spacial score (nSPS) is 31.7. The summed E-state index contributed by atoms with van der Waals surface area (Å²) in [7, 11) is 0. The Morgan fingerprint density at radius 3 is 2.40 bits per heavy atom. The molecule has 5 fully saturated rings. The maximum absolute atomic E-state index is 13.7. The molecule has 1 aromatic carbocycles. The van der Waals surface area contributed by atoms with Gasteiger partial charge in [-0.3, -0.25) is 4.79 Å². The molecule has 188 valence electrons. The number of fused-ring (bicyclic) bond motifs is 1. The summed E-state index contributed by atoms with van der Waals surface area (Å²) in [5.41, 5.74) is 0.969. The number of H-pyrrole nitrogens is 1. The fraction of sp³-hybridized carbons (Fsp3) is 0.655. The number of ether oxygens (including phenoxy) is 1. The first-order valence-corrected chi connectivity index (χ1v) is 13.8. The van der Waals surface area contributed by atoms with Crippen LogP contribution in [0.2, 0.25) is 0 Å². The van der Waals surface area contributed by atoms with Gasteiger partial charge in [-0.15, -0.1) is 0 Å². The Balaban J connectivity index is 1.20. The molecule has 0 spiro atoms. The highest BCUT2D eigenvalue weighted by molar-refractivity contribution is 5.91. The highest BCUT2D eigenvalue weighted by atomic mass is 16.6. The number of carbonyl (C=O) groups excluding carboxylic acids is 2. The lowest BCUT2D eigenvalue weighted by Gasteiger charge is -2.53. The molecule has 4 bridgehead atoms. The van der Waals surface area contributed by atoms with Crippen LogP contribution in [-0.2, 0) is 16.0 Å². The first-order valence-electron chi connectivity index (χ1n) is 13.8. The molecule has 0 unspecified atom stereocenters. The Labute approximate surface area is 207 Å². The van der Waals surface area contributed by atoms with Crippen LogP contribution in [-0.4, -0.2) is 34.7 Å². The number of para-hydroxylation sites is 1. The van der Waals surface area contributed by atoms with E-state index in [2.05, 4.69) is 21.7 Å². The van der Waals surface area contributed by atoms with Crippen molar-refractivity contribution in [3.8, 4) is 0 Å². The van der Waals surface area contributed by atoms with Gasteiger partial charge in [-0.25, -0.2) is 4.79 Å². The van der Waals surface area contributed by atoms with Crippen molar-refractivity contribution in [3.63, 3.8) is 0 Å². The Hall–Kier alpha value is -2.50. The second-order valence-corrected chi connectivity index (χ2v) is 12.1. The van der Waals surface area contributed by atoms with Crippen LogP contribution in [0.25, 0.3) is 10.9 Å². The zero-order valence-electron chi connectivity index (χ0n) is 20.9. The van der Waals surface area contributed by atoms with Crippen molar-refractivity contribution < 1.29 is 14.3 Å². The number of aromatic amines is 1. The van der Waals surface area contributed by atoms with E-state index in [1.165, 1.54) is 38.5 Å². The molecular formula is C29H39N3O3. The Morgan fingerprint density at radius 2 is 1.69 bits per heavy atom. The molecule has 2 amide bonds. The van der Waals surface area contributed by atoms with Crippen molar-refractivity contribution in [1.82, 2.24) is 15.6 Å². The van der Waals surface area contributed by atoms with Gasteiger partial charge in [-0.1, -0.05) is 37.5 Å². The van der Waals surface area contributed by atoms with E-state index in [1.54, 1.807) is 0 Å². The molecule has 5 aliphatic rings. The van der Waals surface area contributed by atoms with E-state index >= 15 is 0 Å². The number of hydrogen-bond donors (Lipinski definition) is 3. The van der Waals surface area contributed by atoms with Crippen LogP contribution in [0.5, 0.6) is 0 Å². The van der Waals surface area contributed by atoms with Gasteiger partial charge < -0.3 is 20.4 Å². The first kappa shape index (κ1) is 22.9. The SMILES string of the molecule is C[C@](Cc1c[nH]c2ccccc12)(NC(=O)OC1C2CC3CC(C2)CC1C3)C(=O)NC1CCCCC1. The van der Waals surface area contributed by atoms with Crippen molar-refractivity contribution in [2.75, 3.05) is 0 Å². The van der Waals surface area contributed by atoms with Gasteiger partial charge in [0.1, 0.15) is 11.6 Å². The predicted molar refractivity (Wildman–Crippen MR) is 136 cm³/mol. The molecule has 7 rings (SSSR count). The molecule has 1 heterocycles. The quantitative estimate of drug-likeness (QED) is 0.516. The lowest BCUT2D eigenvalue weighted by Crippen LogP contribution is -2.61. The van der Waals surface area contributed by atoms with Crippen LogP contribution in [0.1, 0.15) is 76.7 Å². The van der Waals surface area contributed by atoms with E-state index in [1.807, 2.05) is 31.3 Å². The van der Waals surface area contributed by atoms with E-state index in [4.69, 9.17) is 4.74 Å². The van der Waals surface area contributed by atoms with Crippen LogP contribution >= 0.6 is 0 Å². The third-order valence-corrected chi connectivity index (χ3v) is 9.42. The largest absolute Gasteiger partial charge is 0.446 e. The van der Waals surface area contributed by atoms with Crippen molar-refractivity contribution in [3.05, 3.63) is 36.0 Å². The molecule has 35 heavy (non-hydrogen) atoms. The lowest BCUT2D eigenvalue weighted by molar-refractivity contribution is -0.128. The molecule has 6 heteroatoms. The first-order chi connectivity index (χ1) is 17.0. The van der Waals surface area contributed by atoms with Gasteiger partial charge in [-0.05, 0) is 87.2 Å². The summed E-state index contributed by atoms with van der Waals surface area (Å²) in [6, 6.07) is 8.28. The summed E-state index contributed by atoms with van der Waals surface area (Å²) in [5.74, 6) is 2.53. The van der Waals surface area contributed by atoms with Crippen molar-refractivity contribution >= 4 is 22.9 Å². The number of rotatable bonds is 6. The summed E-state index contributed by atoms with van der Waals surface area (Å²) in [6.07, 6.45) is 13.6. The maximum Gasteiger partial charge on any atom is 0.408 e.